The van der Waals surface area contributed by atoms with Crippen LogP contribution in [0.4, 0.5) is 10.1 Å². The molecule has 4 rings (SSSR count). The van der Waals surface area contributed by atoms with Crippen LogP contribution < -0.4 is 4.90 Å². The summed E-state index contributed by atoms with van der Waals surface area (Å²) in [6, 6.07) is 13.6. The second-order valence-corrected chi connectivity index (χ2v) is 8.13. The van der Waals surface area contributed by atoms with E-state index in [9.17, 15) is 14.0 Å². The monoisotopic (exact) mass is 419 g/mol. The number of fused-ring (bicyclic) bond motifs is 1. The maximum absolute atomic E-state index is 13.6. The van der Waals surface area contributed by atoms with Crippen LogP contribution in [0.15, 0.2) is 48.5 Å². The molecule has 0 radical (unpaired) electrons. The molecule has 31 heavy (non-hydrogen) atoms. The fourth-order valence-corrected chi connectivity index (χ4v) is 3.98. The first kappa shape index (κ1) is 21.0. The van der Waals surface area contributed by atoms with Crippen molar-refractivity contribution >= 4 is 28.4 Å². The molecule has 0 unspecified atom stereocenters. The van der Waals surface area contributed by atoms with Gasteiger partial charge in [0.05, 0.1) is 16.8 Å². The summed E-state index contributed by atoms with van der Waals surface area (Å²) >= 11 is 0. The van der Waals surface area contributed by atoms with Crippen LogP contribution in [0.3, 0.4) is 0 Å². The molecule has 0 N–H and O–H groups in total. The van der Waals surface area contributed by atoms with Crippen molar-refractivity contribution in [2.75, 3.05) is 24.5 Å². The van der Waals surface area contributed by atoms with Crippen LogP contribution in [0.2, 0.25) is 0 Å². The van der Waals surface area contributed by atoms with Gasteiger partial charge >= 0.3 is 0 Å². The Morgan fingerprint density at radius 1 is 1.00 bits per heavy atom. The van der Waals surface area contributed by atoms with Gasteiger partial charge in [0.15, 0.2) is 0 Å². The maximum Gasteiger partial charge on any atom is 0.260 e. The molecule has 1 fully saturated rings. The second-order valence-electron chi connectivity index (χ2n) is 8.13. The van der Waals surface area contributed by atoms with Crippen LogP contribution in [-0.4, -0.2) is 41.3 Å². The SMILES string of the molecule is Cc1ccc(N(CC(=O)N2CCCCC2)C(=O)c2cc3ccc(F)cc3nc2C)cc1. The normalized spacial score (nSPS) is 14.0. The predicted octanol–water partition coefficient (Wildman–Crippen LogP) is 4.65. The molecule has 0 atom stereocenters. The number of aryl methyl sites for hydroxylation is 2. The van der Waals surface area contributed by atoms with Crippen molar-refractivity contribution in [3.63, 3.8) is 0 Å². The third-order valence-electron chi connectivity index (χ3n) is 5.79. The van der Waals surface area contributed by atoms with Gasteiger partial charge in [0.2, 0.25) is 5.91 Å². The average molecular weight is 420 g/mol. The number of likely N-dealkylation sites (tertiary alicyclic amines) is 1. The Bertz CT molecular complexity index is 1120. The zero-order valence-corrected chi connectivity index (χ0v) is 17.9. The van der Waals surface area contributed by atoms with Gasteiger partial charge in [0.25, 0.3) is 5.91 Å². The second kappa shape index (κ2) is 8.84. The summed E-state index contributed by atoms with van der Waals surface area (Å²) in [6.07, 6.45) is 3.12. The molecule has 0 spiro atoms. The van der Waals surface area contributed by atoms with Gasteiger partial charge < -0.3 is 4.90 Å². The molecule has 160 valence electrons. The van der Waals surface area contributed by atoms with Gasteiger partial charge in [-0.15, -0.1) is 0 Å². The minimum Gasteiger partial charge on any atom is -0.341 e. The van der Waals surface area contributed by atoms with E-state index in [-0.39, 0.29) is 24.2 Å². The number of halogens is 1. The lowest BCUT2D eigenvalue weighted by molar-refractivity contribution is -0.130. The molecule has 1 aliphatic rings. The Hall–Kier alpha value is -3.28. The molecule has 2 amide bonds. The smallest absolute Gasteiger partial charge is 0.260 e. The van der Waals surface area contributed by atoms with Crippen molar-refractivity contribution in [1.82, 2.24) is 9.88 Å². The molecule has 2 heterocycles. The minimum atomic E-state index is -0.369. The van der Waals surface area contributed by atoms with E-state index in [0.29, 0.717) is 27.8 Å². The molecule has 0 saturated carbocycles. The van der Waals surface area contributed by atoms with Crippen LogP contribution in [0.5, 0.6) is 0 Å². The molecule has 5 nitrogen and oxygen atoms in total. The van der Waals surface area contributed by atoms with Crippen molar-refractivity contribution in [3.05, 3.63) is 71.2 Å². The highest BCUT2D eigenvalue weighted by atomic mass is 19.1. The van der Waals surface area contributed by atoms with Crippen LogP contribution in [0, 0.1) is 19.7 Å². The number of hydrogen-bond acceptors (Lipinski definition) is 3. The summed E-state index contributed by atoms with van der Waals surface area (Å²) in [5.41, 5.74) is 3.15. The summed E-state index contributed by atoms with van der Waals surface area (Å²) in [7, 11) is 0. The van der Waals surface area contributed by atoms with Crippen molar-refractivity contribution in [3.8, 4) is 0 Å². The van der Waals surface area contributed by atoms with E-state index in [4.69, 9.17) is 0 Å². The zero-order chi connectivity index (χ0) is 22.0. The summed E-state index contributed by atoms with van der Waals surface area (Å²) in [6.45, 7) is 5.15. The van der Waals surface area contributed by atoms with E-state index < -0.39 is 0 Å². The fourth-order valence-electron chi connectivity index (χ4n) is 3.98. The third-order valence-corrected chi connectivity index (χ3v) is 5.79. The molecule has 2 aromatic carbocycles. The summed E-state index contributed by atoms with van der Waals surface area (Å²) in [4.78, 5) is 34.4. The molecular formula is C25H26FN3O2. The van der Waals surface area contributed by atoms with E-state index in [1.165, 1.54) is 17.0 Å². The van der Waals surface area contributed by atoms with Crippen LogP contribution in [0.1, 0.15) is 40.9 Å². The number of amides is 2. The van der Waals surface area contributed by atoms with Gasteiger partial charge in [-0.2, -0.15) is 0 Å². The van der Waals surface area contributed by atoms with Gasteiger partial charge in [0, 0.05) is 30.2 Å². The highest BCUT2D eigenvalue weighted by Crippen LogP contribution is 2.23. The van der Waals surface area contributed by atoms with Crippen molar-refractivity contribution in [1.29, 1.82) is 0 Å². The Labute approximate surface area is 181 Å². The molecule has 1 saturated heterocycles. The Morgan fingerprint density at radius 3 is 2.42 bits per heavy atom. The minimum absolute atomic E-state index is 0.0250. The molecule has 1 aliphatic heterocycles. The Kier molecular flexibility index (Phi) is 5.98. The molecular weight excluding hydrogens is 393 g/mol. The first-order valence-electron chi connectivity index (χ1n) is 10.7. The van der Waals surface area contributed by atoms with Gasteiger partial charge in [-0.3, -0.25) is 19.5 Å². The van der Waals surface area contributed by atoms with E-state index in [2.05, 4.69) is 4.98 Å². The first-order valence-corrected chi connectivity index (χ1v) is 10.7. The van der Waals surface area contributed by atoms with E-state index in [0.717, 1.165) is 37.9 Å². The Morgan fingerprint density at radius 2 is 1.71 bits per heavy atom. The number of aromatic nitrogens is 1. The Balaban J connectivity index is 1.70. The lowest BCUT2D eigenvalue weighted by Crippen LogP contribution is -2.45. The molecule has 6 heteroatoms. The number of rotatable bonds is 4. The number of pyridine rings is 1. The summed E-state index contributed by atoms with van der Waals surface area (Å²) in [5, 5.41) is 0.682. The highest BCUT2D eigenvalue weighted by Gasteiger charge is 2.26. The van der Waals surface area contributed by atoms with Crippen molar-refractivity contribution in [2.45, 2.75) is 33.1 Å². The lowest BCUT2D eigenvalue weighted by atomic mass is 10.1. The van der Waals surface area contributed by atoms with Gasteiger partial charge in [-0.05, 0) is 63.4 Å². The maximum atomic E-state index is 13.6. The standard InChI is InChI=1S/C25H26FN3O2/c1-17-6-10-21(11-7-17)29(16-24(30)28-12-4-3-5-13-28)25(31)22-14-19-8-9-20(26)15-23(19)27-18(22)2/h6-11,14-15H,3-5,12-13,16H2,1-2H3. The number of nitrogens with zero attached hydrogens (tertiary/aromatic N) is 3. The van der Waals surface area contributed by atoms with Gasteiger partial charge in [-0.25, -0.2) is 4.39 Å². The van der Waals surface area contributed by atoms with Gasteiger partial charge in [0.1, 0.15) is 12.4 Å². The fraction of sp³-hybridized carbons (Fsp3) is 0.320. The predicted molar refractivity (Wildman–Crippen MR) is 120 cm³/mol. The molecule has 1 aromatic heterocycles. The molecule has 0 bridgehead atoms. The summed E-state index contributed by atoms with van der Waals surface area (Å²) in [5.74, 6) is -0.709. The van der Waals surface area contributed by atoms with Gasteiger partial charge in [-0.1, -0.05) is 17.7 Å². The summed E-state index contributed by atoms with van der Waals surface area (Å²) < 4.78 is 13.6. The lowest BCUT2D eigenvalue weighted by Gasteiger charge is -2.30. The van der Waals surface area contributed by atoms with E-state index >= 15 is 0 Å². The van der Waals surface area contributed by atoms with Crippen LogP contribution >= 0.6 is 0 Å². The number of carbonyl (C=O) groups excluding carboxylic acids is 2. The van der Waals surface area contributed by atoms with Crippen LogP contribution in [-0.2, 0) is 4.79 Å². The van der Waals surface area contributed by atoms with Crippen LogP contribution in [0.25, 0.3) is 10.9 Å². The number of hydrogen-bond donors (Lipinski definition) is 0. The average Bonchev–Trinajstić information content (AvgIpc) is 2.77. The quantitative estimate of drug-likeness (QED) is 0.619. The van der Waals surface area contributed by atoms with E-state index in [1.807, 2.05) is 36.1 Å². The van der Waals surface area contributed by atoms with E-state index in [1.54, 1.807) is 19.1 Å². The largest absolute Gasteiger partial charge is 0.341 e. The third kappa shape index (κ3) is 4.58. The van der Waals surface area contributed by atoms with Crippen molar-refractivity contribution < 1.29 is 14.0 Å². The number of anilines is 1. The number of piperidine rings is 1. The molecule has 3 aromatic rings. The zero-order valence-electron chi connectivity index (χ0n) is 17.9. The number of benzene rings is 2. The first-order chi connectivity index (χ1) is 14.9. The van der Waals surface area contributed by atoms with Crippen molar-refractivity contribution in [2.24, 2.45) is 0 Å². The topological polar surface area (TPSA) is 53.5 Å². The molecule has 0 aliphatic carbocycles. The highest BCUT2D eigenvalue weighted by molar-refractivity contribution is 6.10. The number of carbonyl (C=O) groups is 2.